The maximum Gasteiger partial charge on any atom is 0.226 e. The predicted octanol–water partition coefficient (Wildman–Crippen LogP) is 2.16. The van der Waals surface area contributed by atoms with E-state index < -0.39 is 0 Å². The van der Waals surface area contributed by atoms with Crippen LogP contribution in [0.2, 0.25) is 0 Å². The summed E-state index contributed by atoms with van der Waals surface area (Å²) in [5.41, 5.74) is 1.27. The maximum absolute atomic E-state index is 12.4. The fraction of sp³-hybridized carbons (Fsp3) is 0.625. The summed E-state index contributed by atoms with van der Waals surface area (Å²) in [6.07, 6.45) is 5.81. The lowest BCUT2D eigenvalue weighted by Crippen LogP contribution is -2.44. The van der Waals surface area contributed by atoms with Gasteiger partial charge in [-0.05, 0) is 50.9 Å². The van der Waals surface area contributed by atoms with E-state index in [-0.39, 0.29) is 5.92 Å². The topological polar surface area (TPSA) is 36.4 Å². The van der Waals surface area contributed by atoms with Gasteiger partial charge in [0.15, 0.2) is 0 Å². The number of aromatic nitrogens is 1. The van der Waals surface area contributed by atoms with Crippen LogP contribution in [-0.2, 0) is 11.3 Å². The van der Waals surface area contributed by atoms with Crippen molar-refractivity contribution in [2.24, 2.45) is 5.92 Å². The molecule has 0 aliphatic carbocycles. The zero-order valence-corrected chi connectivity index (χ0v) is 12.6. The number of nitrogens with zero attached hydrogens (tertiary/aromatic N) is 3. The van der Waals surface area contributed by atoms with E-state index >= 15 is 0 Å². The monoisotopic (exact) mass is 275 g/mol. The third kappa shape index (κ3) is 3.79. The molecule has 0 N–H and O–H groups in total. The summed E-state index contributed by atoms with van der Waals surface area (Å²) in [5.74, 6) is 0.500. The molecule has 110 valence electrons. The second kappa shape index (κ2) is 7.39. The van der Waals surface area contributed by atoms with Crippen molar-refractivity contribution in [1.29, 1.82) is 0 Å². The highest BCUT2D eigenvalue weighted by atomic mass is 16.2. The van der Waals surface area contributed by atoms with E-state index in [2.05, 4.69) is 35.9 Å². The Balaban J connectivity index is 1.93. The molecule has 0 saturated carbocycles. The quantitative estimate of drug-likeness (QED) is 0.826. The molecule has 0 unspecified atom stereocenters. The number of carbonyl (C=O) groups is 1. The van der Waals surface area contributed by atoms with E-state index in [1.807, 2.05) is 17.3 Å². The molecule has 4 heteroatoms. The summed E-state index contributed by atoms with van der Waals surface area (Å²) in [5, 5.41) is 0. The molecule has 1 aromatic rings. The van der Waals surface area contributed by atoms with Crippen molar-refractivity contribution in [2.75, 3.05) is 26.2 Å². The summed E-state index contributed by atoms with van der Waals surface area (Å²) in [4.78, 5) is 20.8. The molecule has 1 aliphatic rings. The number of hydrogen-bond donors (Lipinski definition) is 0. The highest BCUT2D eigenvalue weighted by Gasteiger charge is 2.28. The number of likely N-dealkylation sites (tertiary alicyclic amines) is 1. The molecule has 1 atom stereocenters. The number of pyridine rings is 1. The Bertz CT molecular complexity index is 417. The molecular formula is C16H25N3O. The number of hydrogen-bond acceptors (Lipinski definition) is 3. The second-order valence-electron chi connectivity index (χ2n) is 5.44. The van der Waals surface area contributed by atoms with Crippen LogP contribution in [-0.4, -0.2) is 46.9 Å². The van der Waals surface area contributed by atoms with E-state index in [9.17, 15) is 4.79 Å². The molecule has 1 amide bonds. The van der Waals surface area contributed by atoms with Crippen LogP contribution in [0.5, 0.6) is 0 Å². The molecule has 1 fully saturated rings. The largest absolute Gasteiger partial charge is 0.343 e. The highest BCUT2D eigenvalue weighted by Crippen LogP contribution is 2.20. The SMILES string of the molecule is CCN(CC)C(=O)[C@@H]1CCCN(Cc2ccncc2)C1. The van der Waals surface area contributed by atoms with E-state index in [4.69, 9.17) is 0 Å². The summed E-state index contributed by atoms with van der Waals surface area (Å²) >= 11 is 0. The van der Waals surface area contributed by atoms with Gasteiger partial charge >= 0.3 is 0 Å². The van der Waals surface area contributed by atoms with E-state index in [1.54, 1.807) is 0 Å². The van der Waals surface area contributed by atoms with Crippen LogP contribution in [0.1, 0.15) is 32.3 Å². The Kier molecular flexibility index (Phi) is 5.53. The van der Waals surface area contributed by atoms with Crippen LogP contribution in [0.4, 0.5) is 0 Å². The average Bonchev–Trinajstić information content (AvgIpc) is 2.49. The zero-order valence-electron chi connectivity index (χ0n) is 12.6. The first kappa shape index (κ1) is 15.0. The van der Waals surface area contributed by atoms with Gasteiger partial charge < -0.3 is 4.90 Å². The zero-order chi connectivity index (χ0) is 14.4. The first-order chi connectivity index (χ1) is 9.74. The van der Waals surface area contributed by atoms with Crippen LogP contribution in [0.3, 0.4) is 0 Å². The molecule has 1 aliphatic heterocycles. The van der Waals surface area contributed by atoms with Crippen molar-refractivity contribution in [3.8, 4) is 0 Å². The minimum absolute atomic E-state index is 0.172. The summed E-state index contributed by atoms with van der Waals surface area (Å²) in [6, 6.07) is 4.10. The van der Waals surface area contributed by atoms with Gasteiger partial charge in [-0.2, -0.15) is 0 Å². The normalized spacial score (nSPS) is 19.8. The highest BCUT2D eigenvalue weighted by molar-refractivity contribution is 5.79. The Labute approximate surface area is 121 Å². The maximum atomic E-state index is 12.4. The lowest BCUT2D eigenvalue weighted by Gasteiger charge is -2.34. The molecule has 0 radical (unpaired) electrons. The Hall–Kier alpha value is -1.42. The van der Waals surface area contributed by atoms with Crippen molar-refractivity contribution in [3.63, 3.8) is 0 Å². The first-order valence-corrected chi connectivity index (χ1v) is 7.64. The van der Waals surface area contributed by atoms with Gasteiger partial charge in [-0.15, -0.1) is 0 Å². The first-order valence-electron chi connectivity index (χ1n) is 7.64. The molecule has 4 nitrogen and oxygen atoms in total. The molecule has 1 aromatic heterocycles. The number of piperidine rings is 1. The molecule has 2 heterocycles. The van der Waals surface area contributed by atoms with E-state index in [1.165, 1.54) is 5.56 Å². The molecule has 0 aromatic carbocycles. The Morgan fingerprint density at radius 1 is 1.35 bits per heavy atom. The van der Waals surface area contributed by atoms with Crippen LogP contribution >= 0.6 is 0 Å². The van der Waals surface area contributed by atoms with Crippen molar-refractivity contribution in [3.05, 3.63) is 30.1 Å². The molecule has 1 saturated heterocycles. The minimum Gasteiger partial charge on any atom is -0.343 e. The van der Waals surface area contributed by atoms with Crippen LogP contribution in [0, 0.1) is 5.92 Å². The number of rotatable bonds is 5. The fourth-order valence-electron chi connectivity index (χ4n) is 2.94. The molecule has 2 rings (SSSR count). The lowest BCUT2D eigenvalue weighted by molar-refractivity contribution is -0.137. The van der Waals surface area contributed by atoms with Crippen LogP contribution in [0.15, 0.2) is 24.5 Å². The van der Waals surface area contributed by atoms with Crippen molar-refractivity contribution in [2.45, 2.75) is 33.2 Å². The van der Waals surface area contributed by atoms with Crippen molar-refractivity contribution in [1.82, 2.24) is 14.8 Å². The standard InChI is InChI=1S/C16H25N3O/c1-3-19(4-2)16(20)15-6-5-11-18(13-15)12-14-7-9-17-10-8-14/h7-10,15H,3-6,11-13H2,1-2H3/t15-/m1/s1. The van der Waals surface area contributed by atoms with Crippen molar-refractivity contribution >= 4 is 5.91 Å². The van der Waals surface area contributed by atoms with Crippen molar-refractivity contribution < 1.29 is 4.79 Å². The van der Waals surface area contributed by atoms with Crippen LogP contribution in [0.25, 0.3) is 0 Å². The Morgan fingerprint density at radius 2 is 2.05 bits per heavy atom. The van der Waals surface area contributed by atoms with Gasteiger partial charge in [0.25, 0.3) is 0 Å². The van der Waals surface area contributed by atoms with Crippen LogP contribution < -0.4 is 0 Å². The second-order valence-corrected chi connectivity index (χ2v) is 5.44. The minimum atomic E-state index is 0.172. The lowest BCUT2D eigenvalue weighted by atomic mass is 9.96. The van der Waals surface area contributed by atoms with Gasteiger partial charge in [-0.1, -0.05) is 0 Å². The van der Waals surface area contributed by atoms with Gasteiger partial charge in [-0.25, -0.2) is 0 Å². The Morgan fingerprint density at radius 3 is 2.70 bits per heavy atom. The van der Waals surface area contributed by atoms with Gasteiger partial charge in [0, 0.05) is 38.6 Å². The number of amides is 1. The summed E-state index contributed by atoms with van der Waals surface area (Å²) < 4.78 is 0. The molecule has 0 spiro atoms. The van der Waals surface area contributed by atoms with Gasteiger partial charge in [-0.3, -0.25) is 14.7 Å². The smallest absolute Gasteiger partial charge is 0.226 e. The van der Waals surface area contributed by atoms with E-state index in [0.717, 1.165) is 45.6 Å². The van der Waals surface area contributed by atoms with E-state index in [0.29, 0.717) is 5.91 Å². The average molecular weight is 275 g/mol. The van der Waals surface area contributed by atoms with Gasteiger partial charge in [0.2, 0.25) is 5.91 Å². The summed E-state index contributed by atoms with van der Waals surface area (Å²) in [7, 11) is 0. The third-order valence-electron chi connectivity index (χ3n) is 4.09. The predicted molar refractivity (Wildman–Crippen MR) is 80.2 cm³/mol. The fourth-order valence-corrected chi connectivity index (χ4v) is 2.94. The summed E-state index contributed by atoms with van der Waals surface area (Å²) in [6.45, 7) is 8.64. The molecule has 20 heavy (non-hydrogen) atoms. The molecular weight excluding hydrogens is 250 g/mol. The van der Waals surface area contributed by atoms with Gasteiger partial charge in [0.1, 0.15) is 0 Å². The van der Waals surface area contributed by atoms with Gasteiger partial charge in [0.05, 0.1) is 5.92 Å². The number of carbonyl (C=O) groups excluding carboxylic acids is 1. The third-order valence-corrected chi connectivity index (χ3v) is 4.09. The molecule has 0 bridgehead atoms.